The highest BCUT2D eigenvalue weighted by atomic mass is 32.2. The molecule has 106 valence electrons. The Morgan fingerprint density at radius 3 is 2.67 bits per heavy atom. The lowest BCUT2D eigenvalue weighted by Crippen LogP contribution is -2.30. The molecule has 1 amide bonds. The van der Waals surface area contributed by atoms with Crippen molar-refractivity contribution in [2.45, 2.75) is 13.0 Å². The fourth-order valence-electron chi connectivity index (χ4n) is 2.27. The largest absolute Gasteiger partial charge is 0.362 e. The van der Waals surface area contributed by atoms with Crippen molar-refractivity contribution in [2.75, 3.05) is 0 Å². The standard InChI is InChI=1S/C16H14N2OS2/c1-11(12-6-3-2-4-7-12)18-15(19)14(21-16(18)20)10-13-8-5-9-17-13/h2-11,17H,1H3/b14-10+. The van der Waals surface area contributed by atoms with Gasteiger partial charge in [0.15, 0.2) is 0 Å². The van der Waals surface area contributed by atoms with E-state index in [1.807, 2.05) is 61.7 Å². The maximum atomic E-state index is 12.6. The quantitative estimate of drug-likeness (QED) is 0.688. The second-order valence-corrected chi connectivity index (χ2v) is 6.44. The Kier molecular flexibility index (Phi) is 3.94. The van der Waals surface area contributed by atoms with Crippen LogP contribution in [0.1, 0.15) is 24.2 Å². The van der Waals surface area contributed by atoms with Crippen LogP contribution in [-0.2, 0) is 4.79 Å². The molecule has 0 spiro atoms. The fourth-order valence-corrected chi connectivity index (χ4v) is 3.68. The van der Waals surface area contributed by atoms with E-state index < -0.39 is 0 Å². The van der Waals surface area contributed by atoms with Crippen LogP contribution in [0.5, 0.6) is 0 Å². The van der Waals surface area contributed by atoms with Crippen LogP contribution in [-0.4, -0.2) is 20.1 Å². The van der Waals surface area contributed by atoms with Gasteiger partial charge in [0.2, 0.25) is 0 Å². The smallest absolute Gasteiger partial charge is 0.266 e. The van der Waals surface area contributed by atoms with Gasteiger partial charge in [-0.15, -0.1) is 0 Å². The highest BCUT2D eigenvalue weighted by Gasteiger charge is 2.35. The van der Waals surface area contributed by atoms with Gasteiger partial charge in [-0.1, -0.05) is 54.3 Å². The molecule has 1 aliphatic heterocycles. The molecule has 2 aromatic rings. The number of carbonyl (C=O) groups excluding carboxylic acids is 1. The third kappa shape index (κ3) is 2.80. The summed E-state index contributed by atoms with van der Waals surface area (Å²) >= 11 is 6.74. The molecule has 2 heterocycles. The Morgan fingerprint density at radius 2 is 2.00 bits per heavy atom. The molecule has 1 aromatic heterocycles. The summed E-state index contributed by atoms with van der Waals surface area (Å²) in [5.41, 5.74) is 1.98. The minimum absolute atomic E-state index is 0.0315. The monoisotopic (exact) mass is 314 g/mol. The minimum Gasteiger partial charge on any atom is -0.362 e. The number of thioether (sulfide) groups is 1. The van der Waals surface area contributed by atoms with E-state index in [9.17, 15) is 4.79 Å². The molecular weight excluding hydrogens is 300 g/mol. The van der Waals surface area contributed by atoms with Crippen LogP contribution in [0, 0.1) is 0 Å². The summed E-state index contributed by atoms with van der Waals surface area (Å²) < 4.78 is 0.606. The molecule has 0 radical (unpaired) electrons. The van der Waals surface area contributed by atoms with E-state index in [0.717, 1.165) is 11.3 Å². The second-order valence-electron chi connectivity index (χ2n) is 4.76. The van der Waals surface area contributed by atoms with Crippen LogP contribution in [0.25, 0.3) is 6.08 Å². The predicted molar refractivity (Wildman–Crippen MR) is 90.7 cm³/mol. The fraction of sp³-hybridized carbons (Fsp3) is 0.125. The summed E-state index contributed by atoms with van der Waals surface area (Å²) in [5, 5.41) is 0. The predicted octanol–water partition coefficient (Wildman–Crippen LogP) is 3.98. The van der Waals surface area contributed by atoms with Gasteiger partial charge >= 0.3 is 0 Å². The lowest BCUT2D eigenvalue weighted by atomic mass is 10.1. The van der Waals surface area contributed by atoms with Crippen LogP contribution in [0.15, 0.2) is 53.6 Å². The zero-order valence-corrected chi connectivity index (χ0v) is 13.1. The van der Waals surface area contributed by atoms with E-state index >= 15 is 0 Å². The van der Waals surface area contributed by atoms with E-state index in [0.29, 0.717) is 9.23 Å². The molecule has 1 atom stereocenters. The molecule has 5 heteroatoms. The summed E-state index contributed by atoms with van der Waals surface area (Å²) in [6.45, 7) is 2.00. The minimum atomic E-state index is -0.0618. The summed E-state index contributed by atoms with van der Waals surface area (Å²) in [6.07, 6.45) is 3.68. The number of thiocarbonyl (C=S) groups is 1. The highest BCUT2D eigenvalue weighted by molar-refractivity contribution is 8.26. The maximum absolute atomic E-state index is 12.6. The molecular formula is C16H14N2OS2. The van der Waals surface area contributed by atoms with Gasteiger partial charge in [0.1, 0.15) is 4.32 Å². The van der Waals surface area contributed by atoms with E-state index in [2.05, 4.69) is 4.98 Å². The third-order valence-electron chi connectivity index (χ3n) is 3.40. The zero-order chi connectivity index (χ0) is 14.8. The zero-order valence-electron chi connectivity index (χ0n) is 11.4. The number of hydrogen-bond acceptors (Lipinski definition) is 3. The van der Waals surface area contributed by atoms with Crippen LogP contribution in [0.4, 0.5) is 0 Å². The van der Waals surface area contributed by atoms with Gasteiger partial charge in [0, 0.05) is 11.9 Å². The van der Waals surface area contributed by atoms with Crippen LogP contribution in [0.2, 0.25) is 0 Å². The van der Waals surface area contributed by atoms with Gasteiger partial charge in [-0.25, -0.2) is 0 Å². The summed E-state index contributed by atoms with van der Waals surface area (Å²) in [5.74, 6) is -0.0315. The van der Waals surface area contributed by atoms with Gasteiger partial charge < -0.3 is 4.98 Å². The lowest BCUT2D eigenvalue weighted by Gasteiger charge is -2.23. The molecule has 1 aliphatic rings. The molecule has 1 saturated heterocycles. The van der Waals surface area contributed by atoms with E-state index in [1.165, 1.54) is 11.8 Å². The normalized spacial score (nSPS) is 18.5. The van der Waals surface area contributed by atoms with E-state index in [-0.39, 0.29) is 11.9 Å². The van der Waals surface area contributed by atoms with Crippen LogP contribution in [0.3, 0.4) is 0 Å². The number of H-pyrrole nitrogens is 1. The van der Waals surface area contributed by atoms with Crippen molar-refractivity contribution in [1.29, 1.82) is 0 Å². The number of amides is 1. The first-order chi connectivity index (χ1) is 10.2. The number of aromatic nitrogens is 1. The average Bonchev–Trinajstić information content (AvgIpc) is 3.09. The Bertz CT molecular complexity index is 692. The van der Waals surface area contributed by atoms with Crippen LogP contribution < -0.4 is 0 Å². The Labute approximate surface area is 133 Å². The van der Waals surface area contributed by atoms with Gasteiger partial charge in [0.25, 0.3) is 5.91 Å². The van der Waals surface area contributed by atoms with Gasteiger partial charge in [-0.05, 0) is 30.7 Å². The van der Waals surface area contributed by atoms with Crippen molar-refractivity contribution >= 4 is 40.3 Å². The van der Waals surface area contributed by atoms with Crippen molar-refractivity contribution in [3.63, 3.8) is 0 Å². The number of aromatic amines is 1. The first-order valence-corrected chi connectivity index (χ1v) is 7.84. The molecule has 3 nitrogen and oxygen atoms in total. The molecule has 0 saturated carbocycles. The Balaban J connectivity index is 1.88. The number of hydrogen-bond donors (Lipinski definition) is 1. The SMILES string of the molecule is CC(c1ccccc1)N1C(=O)/C(=C\c2ccc[nH]2)SC1=S. The lowest BCUT2D eigenvalue weighted by molar-refractivity contribution is -0.123. The molecule has 0 aliphatic carbocycles. The van der Waals surface area contributed by atoms with Gasteiger partial charge in [0.05, 0.1) is 10.9 Å². The first-order valence-electron chi connectivity index (χ1n) is 6.62. The third-order valence-corrected chi connectivity index (χ3v) is 4.73. The van der Waals surface area contributed by atoms with Gasteiger partial charge in [-0.2, -0.15) is 0 Å². The number of carbonyl (C=O) groups is 1. The van der Waals surface area contributed by atoms with Crippen molar-refractivity contribution in [3.8, 4) is 0 Å². The van der Waals surface area contributed by atoms with Crippen molar-refractivity contribution in [3.05, 3.63) is 64.8 Å². The average molecular weight is 314 g/mol. The van der Waals surface area contributed by atoms with Crippen molar-refractivity contribution in [2.24, 2.45) is 0 Å². The molecule has 21 heavy (non-hydrogen) atoms. The summed E-state index contributed by atoms with van der Waals surface area (Å²) in [4.78, 5) is 18.0. The Morgan fingerprint density at radius 1 is 1.24 bits per heavy atom. The first kappa shape index (κ1) is 14.1. The van der Waals surface area contributed by atoms with E-state index in [4.69, 9.17) is 12.2 Å². The summed E-state index contributed by atoms with van der Waals surface area (Å²) in [6, 6.07) is 13.7. The summed E-state index contributed by atoms with van der Waals surface area (Å²) in [7, 11) is 0. The van der Waals surface area contributed by atoms with E-state index in [1.54, 1.807) is 4.90 Å². The molecule has 0 bridgehead atoms. The molecule has 1 unspecified atom stereocenters. The number of benzene rings is 1. The number of rotatable bonds is 3. The van der Waals surface area contributed by atoms with Crippen molar-refractivity contribution < 1.29 is 4.79 Å². The highest BCUT2D eigenvalue weighted by Crippen LogP contribution is 2.37. The van der Waals surface area contributed by atoms with Crippen molar-refractivity contribution in [1.82, 2.24) is 9.88 Å². The molecule has 1 N–H and O–H groups in total. The topological polar surface area (TPSA) is 36.1 Å². The maximum Gasteiger partial charge on any atom is 0.266 e. The number of nitrogens with zero attached hydrogens (tertiary/aromatic N) is 1. The number of nitrogens with one attached hydrogen (secondary N) is 1. The van der Waals surface area contributed by atoms with Gasteiger partial charge in [-0.3, -0.25) is 9.69 Å². The Hall–Kier alpha value is -1.85. The molecule has 1 fully saturated rings. The molecule has 1 aromatic carbocycles. The second kappa shape index (κ2) is 5.87. The van der Waals surface area contributed by atoms with Crippen LogP contribution >= 0.6 is 24.0 Å². The molecule has 3 rings (SSSR count).